The van der Waals surface area contributed by atoms with E-state index in [1.807, 2.05) is 6.26 Å². The molecule has 1 heterocycles. The van der Waals surface area contributed by atoms with Crippen LogP contribution in [0.5, 0.6) is 0 Å². The van der Waals surface area contributed by atoms with Gasteiger partial charge in [0.1, 0.15) is 6.17 Å². The van der Waals surface area contributed by atoms with E-state index in [2.05, 4.69) is 0 Å². The van der Waals surface area contributed by atoms with E-state index in [4.69, 9.17) is 0 Å². The summed E-state index contributed by atoms with van der Waals surface area (Å²) in [5.41, 5.74) is 0. The fourth-order valence-electron chi connectivity index (χ4n) is 1.16. The van der Waals surface area contributed by atoms with Gasteiger partial charge in [-0.2, -0.15) is 11.8 Å². The fourth-order valence-corrected chi connectivity index (χ4v) is 1.59. The summed E-state index contributed by atoms with van der Waals surface area (Å²) in [6.45, 7) is 0.903. The smallest absolute Gasteiger partial charge is 0.232 e. The van der Waals surface area contributed by atoms with Crippen LogP contribution >= 0.6 is 11.8 Å². The summed E-state index contributed by atoms with van der Waals surface area (Å²) in [5.74, 6) is 0.546. The molecule has 1 fully saturated rings. The van der Waals surface area contributed by atoms with Crippen LogP contribution < -0.4 is 0 Å². The number of likely N-dealkylation sites (tertiary alicyclic amines) is 1. The van der Waals surface area contributed by atoms with Crippen LogP contribution in [0.1, 0.15) is 6.42 Å². The van der Waals surface area contributed by atoms with Gasteiger partial charge < -0.3 is 4.90 Å². The summed E-state index contributed by atoms with van der Waals surface area (Å²) < 4.78 is 12.6. The van der Waals surface area contributed by atoms with Gasteiger partial charge in [0.05, 0.1) is 12.3 Å². The number of nitrogens with zero attached hydrogens (tertiary/aromatic N) is 1. The lowest BCUT2D eigenvalue weighted by Crippen LogP contribution is -2.30. The highest BCUT2D eigenvalue weighted by molar-refractivity contribution is 7.99. The molecule has 1 rings (SSSR count). The van der Waals surface area contributed by atoms with E-state index in [0.29, 0.717) is 25.3 Å². The van der Waals surface area contributed by atoms with E-state index in [9.17, 15) is 9.18 Å². The average Bonchev–Trinajstić information content (AvgIpc) is 2.36. The molecule has 1 aliphatic heterocycles. The lowest BCUT2D eigenvalue weighted by atomic mass is 10.3. The molecule has 1 unspecified atom stereocenters. The summed E-state index contributed by atoms with van der Waals surface area (Å²) in [5, 5.41) is 0. The minimum absolute atomic E-state index is 0.0673. The Hall–Kier alpha value is -0.250. The molecule has 0 radical (unpaired) electrons. The number of hydrogen-bond acceptors (Lipinski definition) is 2. The Bertz CT molecular complexity index is 153. The van der Waals surface area contributed by atoms with Gasteiger partial charge >= 0.3 is 0 Å². The summed E-state index contributed by atoms with van der Waals surface area (Å²) in [7, 11) is 0. The van der Waals surface area contributed by atoms with Crippen molar-refractivity contribution in [1.29, 1.82) is 0 Å². The van der Waals surface area contributed by atoms with Crippen molar-refractivity contribution in [3.05, 3.63) is 0 Å². The molecule has 1 saturated heterocycles. The Morgan fingerprint density at radius 2 is 2.55 bits per heavy atom. The fraction of sp³-hybridized carbons (Fsp3) is 0.857. The molecule has 1 amide bonds. The Balaban J connectivity index is 2.31. The molecule has 0 aromatic rings. The zero-order valence-electron chi connectivity index (χ0n) is 6.55. The predicted molar refractivity (Wildman–Crippen MR) is 44.5 cm³/mol. The zero-order valence-corrected chi connectivity index (χ0v) is 7.36. The second-order valence-electron chi connectivity index (χ2n) is 2.66. The Morgan fingerprint density at radius 1 is 1.82 bits per heavy atom. The monoisotopic (exact) mass is 177 g/mol. The number of alkyl halides is 1. The van der Waals surface area contributed by atoms with E-state index in [-0.39, 0.29) is 5.91 Å². The maximum absolute atomic E-state index is 12.6. The summed E-state index contributed by atoms with van der Waals surface area (Å²) in [6, 6.07) is 0. The normalized spacial score (nSPS) is 24.2. The average molecular weight is 177 g/mol. The first-order valence-corrected chi connectivity index (χ1v) is 5.04. The summed E-state index contributed by atoms with van der Waals surface area (Å²) in [6.07, 6.45) is 1.60. The van der Waals surface area contributed by atoms with Crippen molar-refractivity contribution in [3.8, 4) is 0 Å². The minimum Gasteiger partial charge on any atom is -0.339 e. The molecule has 0 N–H and O–H groups in total. The Labute approximate surface area is 70.1 Å². The maximum atomic E-state index is 12.6. The maximum Gasteiger partial charge on any atom is 0.232 e. The third-order valence-corrected chi connectivity index (χ3v) is 2.29. The highest BCUT2D eigenvalue weighted by atomic mass is 32.2. The molecule has 0 aromatic heterocycles. The first-order chi connectivity index (χ1) is 5.24. The molecule has 1 atom stereocenters. The molecule has 11 heavy (non-hydrogen) atoms. The standard InChI is InChI=1S/C7H12FNOS/c1-11-5-7(10)9-3-2-6(8)4-9/h6H,2-5H2,1H3. The number of hydrogen-bond donors (Lipinski definition) is 0. The van der Waals surface area contributed by atoms with Crippen molar-refractivity contribution in [1.82, 2.24) is 4.90 Å². The Kier molecular flexibility index (Phi) is 3.17. The van der Waals surface area contributed by atoms with Gasteiger partial charge in [0, 0.05) is 6.54 Å². The summed E-state index contributed by atoms with van der Waals surface area (Å²) >= 11 is 1.48. The SMILES string of the molecule is CSCC(=O)N1CCC(F)C1. The number of amides is 1. The van der Waals surface area contributed by atoms with Gasteiger partial charge in [0.15, 0.2) is 0 Å². The van der Waals surface area contributed by atoms with Gasteiger partial charge in [0.25, 0.3) is 0 Å². The van der Waals surface area contributed by atoms with E-state index in [1.54, 1.807) is 4.90 Å². The first kappa shape index (κ1) is 8.84. The lowest BCUT2D eigenvalue weighted by Gasteiger charge is -2.13. The largest absolute Gasteiger partial charge is 0.339 e. The minimum atomic E-state index is -0.791. The Morgan fingerprint density at radius 3 is 3.00 bits per heavy atom. The second-order valence-corrected chi connectivity index (χ2v) is 3.52. The molecular weight excluding hydrogens is 165 g/mol. The van der Waals surface area contributed by atoms with Gasteiger partial charge in [-0.05, 0) is 12.7 Å². The number of rotatable bonds is 2. The van der Waals surface area contributed by atoms with Gasteiger partial charge in [-0.25, -0.2) is 4.39 Å². The lowest BCUT2D eigenvalue weighted by molar-refractivity contribution is -0.127. The number of thioether (sulfide) groups is 1. The van der Waals surface area contributed by atoms with Crippen molar-refractivity contribution in [2.24, 2.45) is 0 Å². The van der Waals surface area contributed by atoms with Crippen molar-refractivity contribution in [2.75, 3.05) is 25.1 Å². The predicted octanol–water partition coefficient (Wildman–Crippen LogP) is 0.920. The molecular formula is C7H12FNOS. The molecule has 0 aliphatic carbocycles. The molecule has 0 bridgehead atoms. The van der Waals surface area contributed by atoms with Crippen LogP contribution in [0.25, 0.3) is 0 Å². The zero-order chi connectivity index (χ0) is 8.27. The van der Waals surface area contributed by atoms with Crippen LogP contribution in [0, 0.1) is 0 Å². The third-order valence-electron chi connectivity index (χ3n) is 1.75. The number of carbonyl (C=O) groups excluding carboxylic acids is 1. The van der Waals surface area contributed by atoms with Crippen LogP contribution in [-0.2, 0) is 4.79 Å². The van der Waals surface area contributed by atoms with E-state index in [0.717, 1.165) is 0 Å². The molecule has 0 spiro atoms. The van der Waals surface area contributed by atoms with Crippen molar-refractivity contribution in [2.45, 2.75) is 12.6 Å². The van der Waals surface area contributed by atoms with Crippen LogP contribution in [0.4, 0.5) is 4.39 Å². The molecule has 0 aromatic carbocycles. The quantitative estimate of drug-likeness (QED) is 0.625. The van der Waals surface area contributed by atoms with Crippen LogP contribution in [-0.4, -0.2) is 42.1 Å². The van der Waals surface area contributed by atoms with Gasteiger partial charge in [0.2, 0.25) is 5.91 Å². The number of carbonyl (C=O) groups is 1. The highest BCUT2D eigenvalue weighted by Crippen LogP contribution is 2.13. The van der Waals surface area contributed by atoms with Gasteiger partial charge in [-0.3, -0.25) is 4.79 Å². The highest BCUT2D eigenvalue weighted by Gasteiger charge is 2.24. The van der Waals surface area contributed by atoms with Gasteiger partial charge in [-0.15, -0.1) is 0 Å². The molecule has 4 heteroatoms. The molecule has 1 aliphatic rings. The number of halogens is 1. The summed E-state index contributed by atoms with van der Waals surface area (Å²) in [4.78, 5) is 12.7. The third kappa shape index (κ3) is 2.36. The van der Waals surface area contributed by atoms with Crippen LogP contribution in [0.3, 0.4) is 0 Å². The van der Waals surface area contributed by atoms with Crippen molar-refractivity contribution in [3.63, 3.8) is 0 Å². The van der Waals surface area contributed by atoms with Crippen molar-refractivity contribution >= 4 is 17.7 Å². The van der Waals surface area contributed by atoms with E-state index in [1.165, 1.54) is 11.8 Å². The first-order valence-electron chi connectivity index (χ1n) is 3.65. The van der Waals surface area contributed by atoms with Crippen LogP contribution in [0.2, 0.25) is 0 Å². The van der Waals surface area contributed by atoms with E-state index < -0.39 is 6.17 Å². The van der Waals surface area contributed by atoms with Crippen LogP contribution in [0.15, 0.2) is 0 Å². The topological polar surface area (TPSA) is 20.3 Å². The second kappa shape index (κ2) is 3.95. The van der Waals surface area contributed by atoms with Crippen molar-refractivity contribution < 1.29 is 9.18 Å². The van der Waals surface area contributed by atoms with Gasteiger partial charge in [-0.1, -0.05) is 0 Å². The van der Waals surface area contributed by atoms with E-state index >= 15 is 0 Å². The molecule has 0 saturated carbocycles. The molecule has 64 valence electrons. The molecule has 2 nitrogen and oxygen atoms in total.